The first-order chi connectivity index (χ1) is 7.65. The van der Waals surface area contributed by atoms with Gasteiger partial charge in [0.2, 0.25) is 0 Å². The van der Waals surface area contributed by atoms with Crippen LogP contribution in [0.15, 0.2) is 23.1 Å². The van der Waals surface area contributed by atoms with Crippen LogP contribution in [0, 0.1) is 19.3 Å². The summed E-state index contributed by atoms with van der Waals surface area (Å²) in [6.07, 6.45) is 4.14. The zero-order valence-corrected chi connectivity index (χ0v) is 11.8. The van der Waals surface area contributed by atoms with Crippen LogP contribution >= 0.6 is 24.4 Å². The summed E-state index contributed by atoms with van der Waals surface area (Å²) in [7, 11) is 0. The molecule has 0 spiro atoms. The van der Waals surface area contributed by atoms with Gasteiger partial charge >= 0.3 is 0 Å². The molecule has 0 radical (unpaired) electrons. The molecule has 1 aliphatic carbocycles. The predicted octanol–water partition coefficient (Wildman–Crippen LogP) is 4.50. The minimum Gasteiger partial charge on any atom is -0.179 e. The minimum absolute atomic E-state index is 0.534. The molecule has 0 nitrogen and oxygen atoms in total. The van der Waals surface area contributed by atoms with Crippen molar-refractivity contribution >= 4 is 24.4 Å². The molecule has 0 aromatic heterocycles. The highest BCUT2D eigenvalue weighted by molar-refractivity contribution is 7.99. The highest BCUT2D eigenvalue weighted by Crippen LogP contribution is 2.45. The van der Waals surface area contributed by atoms with Gasteiger partial charge in [-0.1, -0.05) is 12.5 Å². The first-order valence-electron chi connectivity index (χ1n) is 5.96. The number of rotatable bonds is 4. The molecule has 2 heteroatoms. The Morgan fingerprint density at radius 1 is 1.25 bits per heavy atom. The standard InChI is InChI=1S/C14H20S2/c1-11-4-5-13(8-12(11)2)16-10-14(9-15)6-3-7-14/h4-5,8,15H,3,6-7,9-10H2,1-2H3. The summed E-state index contributed by atoms with van der Waals surface area (Å²) in [5, 5.41) is 0. The average molecular weight is 252 g/mol. The lowest BCUT2D eigenvalue weighted by Gasteiger charge is -2.40. The fourth-order valence-corrected chi connectivity index (χ4v) is 3.93. The SMILES string of the molecule is Cc1ccc(SCC2(CS)CCC2)cc1C. The van der Waals surface area contributed by atoms with E-state index >= 15 is 0 Å². The molecule has 2 rings (SSSR count). The van der Waals surface area contributed by atoms with Crippen molar-refractivity contribution in [2.24, 2.45) is 5.41 Å². The smallest absolute Gasteiger partial charge is 0.00749 e. The molecule has 1 saturated carbocycles. The van der Waals surface area contributed by atoms with E-state index in [0.29, 0.717) is 5.41 Å². The van der Waals surface area contributed by atoms with Gasteiger partial charge in [-0.3, -0.25) is 0 Å². The largest absolute Gasteiger partial charge is 0.179 e. The summed E-state index contributed by atoms with van der Waals surface area (Å²) in [4.78, 5) is 1.41. The van der Waals surface area contributed by atoms with Crippen molar-refractivity contribution in [3.8, 4) is 0 Å². The quantitative estimate of drug-likeness (QED) is 0.608. The van der Waals surface area contributed by atoms with Gasteiger partial charge < -0.3 is 0 Å². The summed E-state index contributed by atoms with van der Waals surface area (Å²) < 4.78 is 0. The molecule has 0 bridgehead atoms. The van der Waals surface area contributed by atoms with Gasteiger partial charge in [0, 0.05) is 10.6 Å². The van der Waals surface area contributed by atoms with E-state index in [1.165, 1.54) is 41.0 Å². The zero-order valence-electron chi connectivity index (χ0n) is 10.1. The molecule has 0 aliphatic heterocycles. The topological polar surface area (TPSA) is 0 Å². The van der Waals surface area contributed by atoms with E-state index in [-0.39, 0.29) is 0 Å². The van der Waals surface area contributed by atoms with E-state index in [4.69, 9.17) is 0 Å². The zero-order chi connectivity index (χ0) is 11.6. The Morgan fingerprint density at radius 3 is 2.50 bits per heavy atom. The molecule has 1 fully saturated rings. The molecular formula is C14H20S2. The van der Waals surface area contributed by atoms with E-state index in [1.54, 1.807) is 0 Å². The summed E-state index contributed by atoms with van der Waals surface area (Å²) in [6.45, 7) is 4.36. The predicted molar refractivity (Wildman–Crippen MR) is 76.8 cm³/mol. The second-order valence-corrected chi connectivity index (χ2v) is 6.41. The van der Waals surface area contributed by atoms with Crippen LogP contribution in [-0.2, 0) is 0 Å². The highest BCUT2D eigenvalue weighted by Gasteiger charge is 2.35. The number of thioether (sulfide) groups is 1. The van der Waals surface area contributed by atoms with E-state index in [0.717, 1.165) is 5.75 Å². The van der Waals surface area contributed by atoms with E-state index in [1.807, 2.05) is 11.8 Å². The Hall–Kier alpha value is -0.0800. The van der Waals surface area contributed by atoms with Gasteiger partial charge in [-0.2, -0.15) is 12.6 Å². The Morgan fingerprint density at radius 2 is 2.00 bits per heavy atom. The van der Waals surface area contributed by atoms with Crippen molar-refractivity contribution in [3.63, 3.8) is 0 Å². The molecule has 1 aliphatic rings. The molecule has 16 heavy (non-hydrogen) atoms. The molecule has 0 N–H and O–H groups in total. The molecule has 88 valence electrons. The Balaban J connectivity index is 1.96. The molecule has 0 unspecified atom stereocenters. The molecule has 0 saturated heterocycles. The fourth-order valence-electron chi connectivity index (χ4n) is 2.06. The van der Waals surface area contributed by atoms with Crippen LogP contribution < -0.4 is 0 Å². The number of aryl methyl sites for hydroxylation is 2. The normalized spacial score (nSPS) is 18.2. The monoisotopic (exact) mass is 252 g/mol. The second kappa shape index (κ2) is 5.05. The van der Waals surface area contributed by atoms with Gasteiger partial charge in [-0.15, -0.1) is 11.8 Å². The van der Waals surface area contributed by atoms with Gasteiger partial charge in [-0.25, -0.2) is 0 Å². The number of thiol groups is 1. The molecular weight excluding hydrogens is 232 g/mol. The Kier molecular flexibility index (Phi) is 3.91. The highest BCUT2D eigenvalue weighted by atomic mass is 32.2. The van der Waals surface area contributed by atoms with Crippen molar-refractivity contribution in [2.45, 2.75) is 38.0 Å². The summed E-state index contributed by atoms with van der Waals surface area (Å²) in [5.41, 5.74) is 3.32. The molecule has 1 aromatic carbocycles. The summed E-state index contributed by atoms with van der Waals surface area (Å²) in [5.74, 6) is 2.28. The summed E-state index contributed by atoms with van der Waals surface area (Å²) >= 11 is 6.50. The second-order valence-electron chi connectivity index (χ2n) is 5.05. The lowest BCUT2D eigenvalue weighted by Crippen LogP contribution is -2.33. The molecule has 0 atom stereocenters. The van der Waals surface area contributed by atoms with Crippen molar-refractivity contribution in [2.75, 3.05) is 11.5 Å². The number of hydrogen-bond donors (Lipinski definition) is 1. The third-order valence-electron chi connectivity index (χ3n) is 3.77. The van der Waals surface area contributed by atoms with Crippen LogP contribution in [0.5, 0.6) is 0 Å². The van der Waals surface area contributed by atoms with Gasteiger partial charge in [0.25, 0.3) is 0 Å². The van der Waals surface area contributed by atoms with Crippen molar-refractivity contribution in [1.29, 1.82) is 0 Å². The molecule has 0 amide bonds. The van der Waals surface area contributed by atoms with Crippen molar-refractivity contribution in [1.82, 2.24) is 0 Å². The number of hydrogen-bond acceptors (Lipinski definition) is 2. The van der Waals surface area contributed by atoms with Crippen LogP contribution in [0.25, 0.3) is 0 Å². The minimum atomic E-state index is 0.534. The van der Waals surface area contributed by atoms with Crippen LogP contribution in [0.1, 0.15) is 30.4 Å². The maximum Gasteiger partial charge on any atom is 0.00749 e. The number of benzene rings is 1. The van der Waals surface area contributed by atoms with Gasteiger partial charge in [0.05, 0.1) is 0 Å². The maximum absolute atomic E-state index is 4.50. The van der Waals surface area contributed by atoms with E-state index in [2.05, 4.69) is 44.7 Å². The first kappa shape index (κ1) is 12.4. The van der Waals surface area contributed by atoms with E-state index in [9.17, 15) is 0 Å². The van der Waals surface area contributed by atoms with E-state index < -0.39 is 0 Å². The molecule has 0 heterocycles. The van der Waals surface area contributed by atoms with Crippen molar-refractivity contribution in [3.05, 3.63) is 29.3 Å². The van der Waals surface area contributed by atoms with Gasteiger partial charge in [0.15, 0.2) is 0 Å². The average Bonchev–Trinajstić information content (AvgIpc) is 2.22. The lowest BCUT2D eigenvalue weighted by atomic mass is 9.72. The van der Waals surface area contributed by atoms with Crippen LogP contribution in [-0.4, -0.2) is 11.5 Å². The third kappa shape index (κ3) is 2.60. The Bertz CT molecular complexity index is 361. The maximum atomic E-state index is 4.50. The van der Waals surface area contributed by atoms with Crippen LogP contribution in [0.3, 0.4) is 0 Å². The first-order valence-corrected chi connectivity index (χ1v) is 7.58. The van der Waals surface area contributed by atoms with Gasteiger partial charge in [-0.05, 0) is 61.1 Å². The van der Waals surface area contributed by atoms with Gasteiger partial charge in [0.1, 0.15) is 0 Å². The Labute approximate surface area is 109 Å². The molecule has 1 aromatic rings. The third-order valence-corrected chi connectivity index (χ3v) is 5.79. The van der Waals surface area contributed by atoms with Crippen molar-refractivity contribution < 1.29 is 0 Å². The van der Waals surface area contributed by atoms with Crippen LogP contribution in [0.4, 0.5) is 0 Å². The van der Waals surface area contributed by atoms with Crippen LogP contribution in [0.2, 0.25) is 0 Å². The lowest BCUT2D eigenvalue weighted by molar-refractivity contribution is 0.205. The fraction of sp³-hybridized carbons (Fsp3) is 0.571. The summed E-state index contributed by atoms with van der Waals surface area (Å²) in [6, 6.07) is 6.79.